The molecule has 0 radical (unpaired) electrons. The third-order valence-corrected chi connectivity index (χ3v) is 3.93. The molecule has 2 amide bonds. The number of carbonyl (C=O) groups is 1. The van der Waals surface area contributed by atoms with Gasteiger partial charge in [0.25, 0.3) is 0 Å². The zero-order valence-electron chi connectivity index (χ0n) is 14.3. The molecule has 134 valence electrons. The number of likely N-dealkylation sites (N-methyl/N-ethyl adjacent to an activating group) is 1. The van der Waals surface area contributed by atoms with E-state index in [1.165, 1.54) is 12.0 Å². The van der Waals surface area contributed by atoms with Crippen molar-refractivity contribution < 1.29 is 19.4 Å². The number of anilines is 1. The standard InChI is InChI=1S/C18H21ClN2O4/c1-21(18(23)20-14-7-5-13(19)6-8-14)11-15(22)12-4-9-16(24-2)17(10-12)25-3/h4-10,15,22H,11H2,1-3H3,(H,20,23). The van der Waals surface area contributed by atoms with E-state index >= 15 is 0 Å². The molecule has 7 heteroatoms. The Hall–Kier alpha value is -2.44. The van der Waals surface area contributed by atoms with Gasteiger partial charge in [0.15, 0.2) is 11.5 Å². The molecule has 0 aliphatic heterocycles. The number of methoxy groups -OCH3 is 2. The molecule has 0 saturated carbocycles. The van der Waals surface area contributed by atoms with Crippen LogP contribution in [0.25, 0.3) is 0 Å². The summed E-state index contributed by atoms with van der Waals surface area (Å²) in [4.78, 5) is 13.6. The van der Waals surface area contributed by atoms with Crippen molar-refractivity contribution in [3.8, 4) is 11.5 Å². The second-order valence-corrected chi connectivity index (χ2v) is 5.88. The van der Waals surface area contributed by atoms with Gasteiger partial charge in [-0.05, 0) is 42.0 Å². The van der Waals surface area contributed by atoms with Crippen LogP contribution in [0.3, 0.4) is 0 Å². The highest BCUT2D eigenvalue weighted by molar-refractivity contribution is 6.30. The van der Waals surface area contributed by atoms with Crippen LogP contribution < -0.4 is 14.8 Å². The van der Waals surface area contributed by atoms with Gasteiger partial charge in [0.05, 0.1) is 26.9 Å². The topological polar surface area (TPSA) is 71.0 Å². The van der Waals surface area contributed by atoms with Gasteiger partial charge >= 0.3 is 6.03 Å². The number of carbonyl (C=O) groups excluding carboxylic acids is 1. The van der Waals surface area contributed by atoms with Gasteiger partial charge < -0.3 is 24.8 Å². The van der Waals surface area contributed by atoms with Crippen LogP contribution in [0, 0.1) is 0 Å². The van der Waals surface area contributed by atoms with Crippen LogP contribution in [-0.4, -0.2) is 43.8 Å². The predicted molar refractivity (Wildman–Crippen MR) is 97.6 cm³/mol. The SMILES string of the molecule is COc1ccc(C(O)CN(C)C(=O)Nc2ccc(Cl)cc2)cc1OC. The van der Waals surface area contributed by atoms with Crippen molar-refractivity contribution in [1.29, 1.82) is 0 Å². The number of rotatable bonds is 6. The fourth-order valence-corrected chi connectivity index (χ4v) is 2.39. The second-order valence-electron chi connectivity index (χ2n) is 5.45. The molecule has 2 aromatic carbocycles. The van der Waals surface area contributed by atoms with Crippen molar-refractivity contribution in [2.45, 2.75) is 6.10 Å². The number of hydrogen-bond acceptors (Lipinski definition) is 4. The summed E-state index contributed by atoms with van der Waals surface area (Å²) in [5.41, 5.74) is 1.26. The smallest absolute Gasteiger partial charge is 0.321 e. The number of hydrogen-bond donors (Lipinski definition) is 2. The first kappa shape index (κ1) is 18.9. The van der Waals surface area contributed by atoms with Crippen molar-refractivity contribution in [2.24, 2.45) is 0 Å². The lowest BCUT2D eigenvalue weighted by Gasteiger charge is -2.22. The van der Waals surface area contributed by atoms with Crippen LogP contribution in [0.5, 0.6) is 11.5 Å². The average molecular weight is 365 g/mol. The van der Waals surface area contributed by atoms with Crippen LogP contribution in [0.2, 0.25) is 5.02 Å². The Labute approximate surface area is 151 Å². The Morgan fingerprint density at radius 2 is 1.80 bits per heavy atom. The van der Waals surface area contributed by atoms with Crippen LogP contribution in [0.1, 0.15) is 11.7 Å². The third-order valence-electron chi connectivity index (χ3n) is 3.68. The largest absolute Gasteiger partial charge is 0.493 e. The number of nitrogens with one attached hydrogen (secondary N) is 1. The molecule has 2 rings (SSSR count). The van der Waals surface area contributed by atoms with Crippen molar-refractivity contribution in [3.05, 3.63) is 53.1 Å². The fourth-order valence-electron chi connectivity index (χ4n) is 2.26. The first-order valence-electron chi connectivity index (χ1n) is 7.62. The number of aliphatic hydroxyl groups is 1. The maximum atomic E-state index is 12.2. The summed E-state index contributed by atoms with van der Waals surface area (Å²) in [5, 5.41) is 13.7. The van der Waals surface area contributed by atoms with E-state index in [-0.39, 0.29) is 12.6 Å². The number of aliphatic hydroxyl groups excluding tert-OH is 1. The lowest BCUT2D eigenvalue weighted by atomic mass is 10.1. The van der Waals surface area contributed by atoms with E-state index in [1.807, 2.05) is 0 Å². The molecule has 0 aliphatic carbocycles. The number of halogens is 1. The van der Waals surface area contributed by atoms with E-state index in [4.69, 9.17) is 21.1 Å². The Balaban J connectivity index is 2.00. The minimum absolute atomic E-state index is 0.120. The average Bonchev–Trinajstić information content (AvgIpc) is 2.62. The van der Waals surface area contributed by atoms with Gasteiger partial charge in [-0.2, -0.15) is 0 Å². The van der Waals surface area contributed by atoms with E-state index in [9.17, 15) is 9.90 Å². The molecule has 2 aromatic rings. The highest BCUT2D eigenvalue weighted by Crippen LogP contribution is 2.30. The summed E-state index contributed by atoms with van der Waals surface area (Å²) in [5.74, 6) is 1.10. The first-order chi connectivity index (χ1) is 11.9. The molecule has 1 atom stereocenters. The molecular weight excluding hydrogens is 344 g/mol. The van der Waals surface area contributed by atoms with Crippen LogP contribution in [-0.2, 0) is 0 Å². The zero-order chi connectivity index (χ0) is 18.4. The Morgan fingerprint density at radius 3 is 2.40 bits per heavy atom. The maximum Gasteiger partial charge on any atom is 0.321 e. The summed E-state index contributed by atoms with van der Waals surface area (Å²) < 4.78 is 10.4. The Morgan fingerprint density at radius 1 is 1.16 bits per heavy atom. The van der Waals surface area contributed by atoms with Crippen molar-refractivity contribution in [1.82, 2.24) is 4.90 Å². The quantitative estimate of drug-likeness (QED) is 0.822. The summed E-state index contributed by atoms with van der Waals surface area (Å²) in [6.07, 6.45) is -0.860. The predicted octanol–water partition coefficient (Wildman–Crippen LogP) is 3.55. The number of nitrogens with zero attached hydrogens (tertiary/aromatic N) is 1. The molecule has 0 aromatic heterocycles. The molecule has 0 spiro atoms. The Bertz CT molecular complexity index is 722. The molecule has 1 unspecified atom stereocenters. The summed E-state index contributed by atoms with van der Waals surface area (Å²) >= 11 is 5.82. The highest BCUT2D eigenvalue weighted by atomic mass is 35.5. The van der Waals surface area contributed by atoms with Crippen molar-refractivity contribution in [2.75, 3.05) is 33.1 Å². The van der Waals surface area contributed by atoms with E-state index in [0.717, 1.165) is 0 Å². The monoisotopic (exact) mass is 364 g/mol. The lowest BCUT2D eigenvalue weighted by Crippen LogP contribution is -2.34. The number of ether oxygens (including phenoxy) is 2. The van der Waals surface area contributed by atoms with Gasteiger partial charge in [0, 0.05) is 17.8 Å². The minimum atomic E-state index is -0.860. The van der Waals surface area contributed by atoms with Gasteiger partial charge in [-0.1, -0.05) is 17.7 Å². The van der Waals surface area contributed by atoms with E-state index in [1.54, 1.807) is 56.6 Å². The normalized spacial score (nSPS) is 11.6. The molecule has 2 N–H and O–H groups in total. The maximum absolute atomic E-state index is 12.2. The molecule has 25 heavy (non-hydrogen) atoms. The molecule has 0 fully saturated rings. The van der Waals surface area contributed by atoms with Crippen LogP contribution in [0.15, 0.2) is 42.5 Å². The number of urea groups is 1. The van der Waals surface area contributed by atoms with E-state index in [0.29, 0.717) is 27.8 Å². The first-order valence-corrected chi connectivity index (χ1v) is 8.00. The van der Waals surface area contributed by atoms with Crippen molar-refractivity contribution >= 4 is 23.3 Å². The summed E-state index contributed by atoms with van der Waals surface area (Å²) in [6.45, 7) is 0.120. The third kappa shape index (κ3) is 5.01. The molecule has 0 bridgehead atoms. The molecular formula is C18H21ClN2O4. The summed E-state index contributed by atoms with van der Waals surface area (Å²) in [7, 11) is 4.68. The molecule has 0 aliphatic rings. The fraction of sp³-hybridized carbons (Fsp3) is 0.278. The van der Waals surface area contributed by atoms with Gasteiger partial charge in [0.1, 0.15) is 0 Å². The minimum Gasteiger partial charge on any atom is -0.493 e. The molecule has 0 heterocycles. The number of amides is 2. The van der Waals surface area contributed by atoms with Gasteiger partial charge in [0.2, 0.25) is 0 Å². The van der Waals surface area contributed by atoms with Crippen LogP contribution >= 0.6 is 11.6 Å². The van der Waals surface area contributed by atoms with Gasteiger partial charge in [-0.15, -0.1) is 0 Å². The van der Waals surface area contributed by atoms with Gasteiger partial charge in [-0.3, -0.25) is 0 Å². The van der Waals surface area contributed by atoms with Crippen LogP contribution in [0.4, 0.5) is 10.5 Å². The Kier molecular flexibility index (Phi) is 6.50. The summed E-state index contributed by atoms with van der Waals surface area (Å²) in [6, 6.07) is 11.6. The second kappa shape index (κ2) is 8.60. The number of benzene rings is 2. The molecule has 0 saturated heterocycles. The molecule has 6 nitrogen and oxygen atoms in total. The lowest BCUT2D eigenvalue weighted by molar-refractivity contribution is 0.136. The zero-order valence-corrected chi connectivity index (χ0v) is 15.1. The highest BCUT2D eigenvalue weighted by Gasteiger charge is 2.17. The van der Waals surface area contributed by atoms with Gasteiger partial charge in [-0.25, -0.2) is 4.79 Å². The van der Waals surface area contributed by atoms with Crippen molar-refractivity contribution in [3.63, 3.8) is 0 Å². The van der Waals surface area contributed by atoms with E-state index in [2.05, 4.69) is 5.32 Å². The van der Waals surface area contributed by atoms with E-state index < -0.39 is 6.10 Å².